The molecular formula is C25H25F2N3O4. The summed E-state index contributed by atoms with van der Waals surface area (Å²) < 4.78 is 35.0. The molecule has 178 valence electrons. The number of likely N-dealkylation sites (tertiary alicyclic amines) is 1. The average molecular weight is 469 g/mol. The molecule has 0 bridgehead atoms. The number of aliphatic hydroxyl groups excluding tert-OH is 1. The molecule has 0 unspecified atom stereocenters. The van der Waals surface area contributed by atoms with E-state index in [9.17, 15) is 23.6 Å². The number of carbonyl (C=O) groups is 2. The Bertz CT molecular complexity index is 1130. The van der Waals surface area contributed by atoms with Crippen molar-refractivity contribution in [3.63, 3.8) is 0 Å². The van der Waals surface area contributed by atoms with Crippen molar-refractivity contribution in [1.29, 1.82) is 5.26 Å². The first kappa shape index (κ1) is 23.6. The first-order valence-corrected chi connectivity index (χ1v) is 11.2. The lowest BCUT2D eigenvalue weighted by atomic mass is 10.0. The van der Waals surface area contributed by atoms with E-state index in [4.69, 9.17) is 9.84 Å². The zero-order valence-electron chi connectivity index (χ0n) is 18.5. The van der Waals surface area contributed by atoms with Crippen LogP contribution < -0.4 is 10.1 Å². The van der Waals surface area contributed by atoms with Crippen molar-refractivity contribution in [3.8, 4) is 22.9 Å². The summed E-state index contributed by atoms with van der Waals surface area (Å²) in [6.45, 7) is -1.11. The summed E-state index contributed by atoms with van der Waals surface area (Å²) in [5.41, 5.74) is 2.20. The molecule has 0 aromatic heterocycles. The number of benzene rings is 2. The highest BCUT2D eigenvalue weighted by Gasteiger charge is 2.47. The quantitative estimate of drug-likeness (QED) is 0.646. The lowest BCUT2D eigenvalue weighted by molar-refractivity contribution is -0.160. The van der Waals surface area contributed by atoms with Crippen molar-refractivity contribution in [2.24, 2.45) is 5.92 Å². The summed E-state index contributed by atoms with van der Waals surface area (Å²) in [6, 6.07) is 13.9. The summed E-state index contributed by atoms with van der Waals surface area (Å²) in [4.78, 5) is 24.9. The van der Waals surface area contributed by atoms with Crippen LogP contribution in [-0.2, 0) is 9.59 Å². The fourth-order valence-corrected chi connectivity index (χ4v) is 3.95. The number of aliphatic hydroxyl groups is 1. The number of nitrogens with zero attached hydrogens (tertiary/aromatic N) is 2. The van der Waals surface area contributed by atoms with E-state index >= 15 is 0 Å². The molecule has 0 radical (unpaired) electrons. The van der Waals surface area contributed by atoms with Gasteiger partial charge in [-0.2, -0.15) is 5.26 Å². The molecule has 1 aliphatic heterocycles. The minimum Gasteiger partial charge on any atom is -0.483 e. The molecule has 2 amide bonds. The van der Waals surface area contributed by atoms with Crippen molar-refractivity contribution in [3.05, 3.63) is 48.0 Å². The number of hydrogen-bond acceptors (Lipinski definition) is 5. The average Bonchev–Trinajstić information content (AvgIpc) is 3.66. The summed E-state index contributed by atoms with van der Waals surface area (Å²) in [7, 11) is 0. The van der Waals surface area contributed by atoms with E-state index in [0.29, 0.717) is 11.3 Å². The second-order valence-electron chi connectivity index (χ2n) is 8.61. The second-order valence-corrected chi connectivity index (χ2v) is 8.61. The number of amides is 2. The summed E-state index contributed by atoms with van der Waals surface area (Å²) in [5.74, 6) is -3.72. The number of carbonyl (C=O) groups excluding carboxylic acids is 2. The van der Waals surface area contributed by atoms with Gasteiger partial charge in [-0.3, -0.25) is 9.59 Å². The molecule has 1 atom stereocenters. The molecule has 2 fully saturated rings. The van der Waals surface area contributed by atoms with Crippen molar-refractivity contribution in [1.82, 2.24) is 4.90 Å². The zero-order chi connectivity index (χ0) is 24.3. The van der Waals surface area contributed by atoms with Crippen LogP contribution >= 0.6 is 0 Å². The van der Waals surface area contributed by atoms with Gasteiger partial charge in [-0.25, -0.2) is 8.78 Å². The highest BCUT2D eigenvalue weighted by atomic mass is 19.3. The van der Waals surface area contributed by atoms with Gasteiger partial charge in [0.15, 0.2) is 6.10 Å². The van der Waals surface area contributed by atoms with E-state index in [1.54, 1.807) is 30.3 Å². The molecule has 2 N–H and O–H groups in total. The standard InChI is InChI=1S/C25H25F2N3O4/c26-25(27)15-30(23(32)9-11-31)10-8-22(25)34-21-7-6-18(12-19(21)14-28)17-2-1-3-20(13-17)29-24(33)16-4-5-16/h1-3,6-7,12-13,16,22,31H,4-5,8-11,15H2,(H,29,33)/t22-/m0/s1. The van der Waals surface area contributed by atoms with Crippen LogP contribution in [0.15, 0.2) is 42.5 Å². The Hall–Kier alpha value is -3.51. The van der Waals surface area contributed by atoms with Crippen molar-refractivity contribution in [2.45, 2.75) is 37.7 Å². The van der Waals surface area contributed by atoms with E-state index in [2.05, 4.69) is 5.32 Å². The van der Waals surface area contributed by atoms with Crippen LogP contribution in [0.25, 0.3) is 11.1 Å². The molecule has 1 saturated carbocycles. The maximum atomic E-state index is 14.7. The van der Waals surface area contributed by atoms with E-state index in [1.165, 1.54) is 6.07 Å². The Morgan fingerprint density at radius 3 is 2.62 bits per heavy atom. The van der Waals surface area contributed by atoms with Crippen LogP contribution in [-0.4, -0.2) is 53.5 Å². The number of ether oxygens (including phenoxy) is 1. The van der Waals surface area contributed by atoms with Crippen LogP contribution in [0.1, 0.15) is 31.2 Å². The van der Waals surface area contributed by atoms with Crippen molar-refractivity contribution >= 4 is 17.5 Å². The lowest BCUT2D eigenvalue weighted by Gasteiger charge is -2.38. The predicted molar refractivity (Wildman–Crippen MR) is 120 cm³/mol. The maximum absolute atomic E-state index is 14.7. The first-order valence-electron chi connectivity index (χ1n) is 11.2. The first-order chi connectivity index (χ1) is 16.3. The molecular weight excluding hydrogens is 444 g/mol. The third kappa shape index (κ3) is 5.34. The van der Waals surface area contributed by atoms with Gasteiger partial charge in [0.1, 0.15) is 11.8 Å². The molecule has 9 heteroatoms. The van der Waals surface area contributed by atoms with Crippen LogP contribution in [0.5, 0.6) is 5.75 Å². The smallest absolute Gasteiger partial charge is 0.301 e. The SMILES string of the molecule is N#Cc1cc(-c2cccc(NC(=O)C3CC3)c2)ccc1O[C@H]1CCN(C(=O)CCO)CC1(F)F. The van der Waals surface area contributed by atoms with E-state index in [0.717, 1.165) is 23.3 Å². The van der Waals surface area contributed by atoms with Crippen LogP contribution in [0, 0.1) is 17.2 Å². The Morgan fingerprint density at radius 1 is 1.18 bits per heavy atom. The Morgan fingerprint density at radius 2 is 1.94 bits per heavy atom. The number of nitriles is 1. The minimum atomic E-state index is -3.30. The third-order valence-electron chi connectivity index (χ3n) is 5.99. The van der Waals surface area contributed by atoms with Crippen LogP contribution in [0.2, 0.25) is 0 Å². The molecule has 1 heterocycles. The summed E-state index contributed by atoms with van der Waals surface area (Å²) in [6.07, 6.45) is 0.0159. The number of alkyl halides is 2. The highest BCUT2D eigenvalue weighted by Crippen LogP contribution is 2.35. The Balaban J connectivity index is 1.48. The van der Waals surface area contributed by atoms with Gasteiger partial charge in [-0.1, -0.05) is 18.2 Å². The monoisotopic (exact) mass is 469 g/mol. The fraction of sp³-hybridized carbons (Fsp3) is 0.400. The largest absolute Gasteiger partial charge is 0.483 e. The topological polar surface area (TPSA) is 103 Å². The number of piperidine rings is 1. The molecule has 1 aliphatic carbocycles. The van der Waals surface area contributed by atoms with Crippen molar-refractivity contribution < 1.29 is 28.2 Å². The fourth-order valence-electron chi connectivity index (χ4n) is 3.95. The van der Waals surface area contributed by atoms with Gasteiger partial charge in [-0.05, 0) is 48.2 Å². The van der Waals surface area contributed by atoms with Gasteiger partial charge in [0.2, 0.25) is 11.8 Å². The number of anilines is 1. The molecule has 2 aromatic rings. The number of hydrogen-bond donors (Lipinski definition) is 2. The van der Waals surface area contributed by atoms with E-state index in [-0.39, 0.29) is 42.5 Å². The Kier molecular flexibility index (Phi) is 6.80. The summed E-state index contributed by atoms with van der Waals surface area (Å²) >= 11 is 0. The molecule has 4 rings (SSSR count). The number of rotatable bonds is 7. The molecule has 2 aliphatic rings. The molecule has 2 aromatic carbocycles. The highest BCUT2D eigenvalue weighted by molar-refractivity contribution is 5.94. The Labute approximate surface area is 195 Å². The number of halogens is 2. The minimum absolute atomic E-state index is 0.0105. The molecule has 1 saturated heterocycles. The van der Waals surface area contributed by atoms with E-state index < -0.39 is 31.1 Å². The van der Waals surface area contributed by atoms with Gasteiger partial charge in [0.05, 0.1) is 18.7 Å². The van der Waals surface area contributed by atoms with Gasteiger partial charge in [-0.15, -0.1) is 0 Å². The van der Waals surface area contributed by atoms with Gasteiger partial charge < -0.3 is 20.1 Å². The second kappa shape index (κ2) is 9.77. The predicted octanol–water partition coefficient (Wildman–Crippen LogP) is 3.57. The van der Waals surface area contributed by atoms with Gasteiger partial charge in [0.25, 0.3) is 0 Å². The molecule has 0 spiro atoms. The molecule has 7 nitrogen and oxygen atoms in total. The maximum Gasteiger partial charge on any atom is 0.301 e. The lowest BCUT2D eigenvalue weighted by Crippen LogP contribution is -2.55. The van der Waals surface area contributed by atoms with Crippen LogP contribution in [0.3, 0.4) is 0 Å². The molecule has 34 heavy (non-hydrogen) atoms. The number of nitrogens with one attached hydrogen (secondary N) is 1. The van der Waals surface area contributed by atoms with Crippen molar-refractivity contribution in [2.75, 3.05) is 25.0 Å². The van der Waals surface area contributed by atoms with E-state index in [1.807, 2.05) is 12.1 Å². The van der Waals surface area contributed by atoms with Crippen LogP contribution in [0.4, 0.5) is 14.5 Å². The normalized spacial score (nSPS) is 19.2. The third-order valence-corrected chi connectivity index (χ3v) is 5.99. The van der Waals surface area contributed by atoms with Gasteiger partial charge in [0, 0.05) is 31.0 Å². The van der Waals surface area contributed by atoms with Gasteiger partial charge >= 0.3 is 5.92 Å². The zero-order valence-corrected chi connectivity index (χ0v) is 18.5. The summed E-state index contributed by atoms with van der Waals surface area (Å²) in [5, 5.41) is 21.4.